The highest BCUT2D eigenvalue weighted by molar-refractivity contribution is 8.00. The SMILES string of the molecule is COCCN[n+]1ccc(SCOC(=O)C2=CCS[C@H]3CC(=O)N23)cc1. The molecule has 1 N–H and O–H groups in total. The maximum absolute atomic E-state index is 12.2. The van der Waals surface area contributed by atoms with E-state index in [2.05, 4.69) is 5.43 Å². The van der Waals surface area contributed by atoms with Crippen molar-refractivity contribution in [3.05, 3.63) is 36.3 Å². The van der Waals surface area contributed by atoms with Gasteiger partial charge in [0.05, 0.1) is 24.9 Å². The van der Waals surface area contributed by atoms with Crippen molar-refractivity contribution in [2.24, 2.45) is 0 Å². The molecule has 7 nitrogen and oxygen atoms in total. The van der Waals surface area contributed by atoms with Gasteiger partial charge in [-0.3, -0.25) is 9.69 Å². The average molecular weight is 382 g/mol. The normalized spacial score (nSPS) is 18.9. The predicted octanol–water partition coefficient (Wildman–Crippen LogP) is 0.946. The predicted molar refractivity (Wildman–Crippen MR) is 95.3 cm³/mol. The van der Waals surface area contributed by atoms with Crippen molar-refractivity contribution in [1.29, 1.82) is 0 Å². The summed E-state index contributed by atoms with van der Waals surface area (Å²) in [6, 6.07) is 3.87. The molecule has 0 spiro atoms. The van der Waals surface area contributed by atoms with Crippen LogP contribution in [0.15, 0.2) is 41.2 Å². The lowest BCUT2D eigenvalue weighted by Crippen LogP contribution is -2.53. The molecule has 2 aliphatic rings. The van der Waals surface area contributed by atoms with Gasteiger partial charge >= 0.3 is 5.97 Å². The van der Waals surface area contributed by atoms with Crippen LogP contribution in [0.1, 0.15) is 6.42 Å². The minimum Gasteiger partial charge on any atom is -0.450 e. The fourth-order valence-corrected chi connectivity index (χ4v) is 4.18. The van der Waals surface area contributed by atoms with Gasteiger partial charge in [-0.15, -0.1) is 11.8 Å². The molecule has 134 valence electrons. The van der Waals surface area contributed by atoms with Gasteiger partial charge in [-0.05, 0) is 6.08 Å². The summed E-state index contributed by atoms with van der Waals surface area (Å²) in [5.74, 6) is 0.498. The van der Waals surface area contributed by atoms with E-state index in [4.69, 9.17) is 9.47 Å². The summed E-state index contributed by atoms with van der Waals surface area (Å²) in [7, 11) is 1.66. The highest BCUT2D eigenvalue weighted by Crippen LogP contribution is 2.37. The second-order valence-electron chi connectivity index (χ2n) is 5.38. The molecule has 1 atom stereocenters. The molecular weight excluding hydrogens is 362 g/mol. The van der Waals surface area contributed by atoms with E-state index in [-0.39, 0.29) is 17.2 Å². The Morgan fingerprint density at radius 3 is 3.00 bits per heavy atom. The first-order valence-corrected chi connectivity index (χ1v) is 9.90. The van der Waals surface area contributed by atoms with Crippen LogP contribution in [-0.4, -0.2) is 54.1 Å². The average Bonchev–Trinajstić information content (AvgIpc) is 2.62. The number of rotatable bonds is 8. The molecule has 0 radical (unpaired) electrons. The summed E-state index contributed by atoms with van der Waals surface area (Å²) in [5.41, 5.74) is 3.54. The first-order valence-electron chi connectivity index (χ1n) is 7.87. The first kappa shape index (κ1) is 18.1. The number of pyridine rings is 1. The number of hydrogen-bond acceptors (Lipinski definition) is 7. The van der Waals surface area contributed by atoms with Crippen LogP contribution in [0.2, 0.25) is 0 Å². The number of ether oxygens (including phenoxy) is 2. The molecular formula is C16H20N3O4S2+. The number of methoxy groups -OCH3 is 1. The lowest BCUT2D eigenvalue weighted by molar-refractivity contribution is -0.650. The van der Waals surface area contributed by atoms with E-state index in [1.165, 1.54) is 16.7 Å². The second-order valence-corrected chi connectivity index (χ2v) is 7.59. The number of carbonyl (C=O) groups excluding carboxylic acids is 2. The number of carbonyl (C=O) groups is 2. The third-order valence-corrected chi connectivity index (χ3v) is 5.72. The van der Waals surface area contributed by atoms with E-state index in [0.717, 1.165) is 17.2 Å². The van der Waals surface area contributed by atoms with Crippen molar-refractivity contribution >= 4 is 35.4 Å². The van der Waals surface area contributed by atoms with Crippen molar-refractivity contribution in [1.82, 2.24) is 4.90 Å². The fourth-order valence-electron chi connectivity index (χ4n) is 2.44. The van der Waals surface area contributed by atoms with Gasteiger partial charge in [-0.25, -0.2) is 4.79 Å². The number of β-lactam (4-membered cyclic amide) rings is 1. The zero-order valence-electron chi connectivity index (χ0n) is 13.8. The number of aromatic nitrogens is 1. The molecule has 0 saturated carbocycles. The summed E-state index contributed by atoms with van der Waals surface area (Å²) in [6.07, 6.45) is 6.06. The Morgan fingerprint density at radius 1 is 1.48 bits per heavy atom. The molecule has 9 heteroatoms. The van der Waals surface area contributed by atoms with Crippen LogP contribution in [0, 0.1) is 0 Å². The summed E-state index contributed by atoms with van der Waals surface area (Å²) in [6.45, 7) is 1.35. The monoisotopic (exact) mass is 382 g/mol. The number of esters is 1. The van der Waals surface area contributed by atoms with Crippen molar-refractivity contribution in [3.63, 3.8) is 0 Å². The fraction of sp³-hybridized carbons (Fsp3) is 0.438. The summed E-state index contributed by atoms with van der Waals surface area (Å²) in [5, 5.41) is 0.0999. The van der Waals surface area contributed by atoms with Gasteiger partial charge < -0.3 is 9.47 Å². The zero-order valence-corrected chi connectivity index (χ0v) is 15.5. The van der Waals surface area contributed by atoms with Gasteiger partial charge in [0.2, 0.25) is 18.3 Å². The molecule has 25 heavy (non-hydrogen) atoms. The Kier molecular flexibility index (Phi) is 6.22. The molecule has 3 rings (SSSR count). The minimum absolute atomic E-state index is 0.0124. The van der Waals surface area contributed by atoms with Gasteiger partial charge in [-0.2, -0.15) is 5.43 Å². The van der Waals surface area contributed by atoms with Crippen LogP contribution in [-0.2, 0) is 19.1 Å². The van der Waals surface area contributed by atoms with Crippen LogP contribution in [0.4, 0.5) is 0 Å². The van der Waals surface area contributed by atoms with Gasteiger partial charge in [0.1, 0.15) is 11.6 Å². The highest BCUT2D eigenvalue weighted by Gasteiger charge is 2.43. The van der Waals surface area contributed by atoms with Gasteiger partial charge in [0.25, 0.3) is 0 Å². The van der Waals surface area contributed by atoms with Crippen LogP contribution < -0.4 is 10.1 Å². The van der Waals surface area contributed by atoms with Crippen LogP contribution in [0.3, 0.4) is 0 Å². The second kappa shape index (κ2) is 8.59. The van der Waals surface area contributed by atoms with Crippen molar-refractivity contribution in [3.8, 4) is 0 Å². The van der Waals surface area contributed by atoms with Crippen LogP contribution >= 0.6 is 23.5 Å². The Hall–Kier alpha value is -1.71. The standard InChI is InChI=1S/C16H20N3O4S2/c1-22-8-5-17-18-6-2-12(3-7-18)25-11-23-16(21)13-4-9-24-15-10-14(20)19(13)15/h2-4,6-7,15,17H,5,8-11H2,1H3/q+1/t15-/m0/s1. The quantitative estimate of drug-likeness (QED) is 0.179. The summed E-state index contributed by atoms with van der Waals surface area (Å²) < 4.78 is 12.1. The van der Waals surface area contributed by atoms with Crippen molar-refractivity contribution < 1.29 is 23.7 Å². The Morgan fingerprint density at radius 2 is 2.28 bits per heavy atom. The molecule has 3 heterocycles. The topological polar surface area (TPSA) is 71.7 Å². The molecule has 0 unspecified atom stereocenters. The smallest absolute Gasteiger partial charge is 0.355 e. The molecule has 0 aromatic carbocycles. The van der Waals surface area contributed by atoms with Gasteiger partial charge in [-0.1, -0.05) is 16.4 Å². The van der Waals surface area contributed by atoms with E-state index < -0.39 is 5.97 Å². The maximum atomic E-state index is 12.2. The highest BCUT2D eigenvalue weighted by atomic mass is 32.2. The number of nitrogens with one attached hydrogen (secondary N) is 1. The van der Waals surface area contributed by atoms with Crippen LogP contribution in [0.5, 0.6) is 0 Å². The summed E-state index contributed by atoms with van der Waals surface area (Å²) in [4.78, 5) is 26.4. The van der Waals surface area contributed by atoms with Crippen molar-refractivity contribution in [2.45, 2.75) is 16.7 Å². The van der Waals surface area contributed by atoms with E-state index in [0.29, 0.717) is 18.7 Å². The van der Waals surface area contributed by atoms with Gasteiger partial charge in [0.15, 0.2) is 0 Å². The maximum Gasteiger partial charge on any atom is 0.355 e. The van der Waals surface area contributed by atoms with Crippen molar-refractivity contribution in [2.75, 3.05) is 37.4 Å². The third kappa shape index (κ3) is 4.47. The molecule has 2 aliphatic heterocycles. The number of amides is 1. The largest absolute Gasteiger partial charge is 0.450 e. The van der Waals surface area contributed by atoms with E-state index >= 15 is 0 Å². The molecule has 1 aromatic heterocycles. The molecule has 1 saturated heterocycles. The van der Waals surface area contributed by atoms with E-state index in [9.17, 15) is 9.59 Å². The lowest BCUT2D eigenvalue weighted by Gasteiger charge is -2.42. The Bertz CT molecular complexity index is 666. The van der Waals surface area contributed by atoms with Crippen LogP contribution in [0.25, 0.3) is 0 Å². The number of thioether (sulfide) groups is 2. The third-order valence-electron chi connectivity index (χ3n) is 3.75. The number of nitrogens with zero attached hydrogens (tertiary/aromatic N) is 2. The van der Waals surface area contributed by atoms with Gasteiger partial charge in [0, 0.05) is 29.9 Å². The zero-order chi connectivity index (χ0) is 17.6. The molecule has 1 amide bonds. The summed E-state index contributed by atoms with van der Waals surface area (Å²) >= 11 is 3.09. The number of fused-ring (bicyclic) bond motifs is 1. The molecule has 1 fully saturated rings. The van der Waals surface area contributed by atoms with E-state index in [1.807, 2.05) is 29.2 Å². The molecule has 0 bridgehead atoms. The molecule has 1 aromatic rings. The number of hydrogen-bond donors (Lipinski definition) is 1. The molecule has 0 aliphatic carbocycles. The first-order chi connectivity index (χ1) is 12.2. The minimum atomic E-state index is -0.432. The Balaban J connectivity index is 1.44. The lowest BCUT2D eigenvalue weighted by atomic mass is 10.1. The Labute approximate surface area is 154 Å². The van der Waals surface area contributed by atoms with E-state index in [1.54, 1.807) is 24.9 Å².